The average molecular weight is 285 g/mol. The summed E-state index contributed by atoms with van der Waals surface area (Å²) in [5, 5.41) is 0. The lowest BCUT2D eigenvalue weighted by Crippen LogP contribution is -2.48. The van der Waals surface area contributed by atoms with Crippen molar-refractivity contribution in [1.82, 2.24) is 0 Å². The second-order valence-electron chi connectivity index (χ2n) is 6.88. The van der Waals surface area contributed by atoms with Gasteiger partial charge >= 0.3 is 0 Å². The number of carbonyl (C=O) groups excluding carboxylic acids is 2. The van der Waals surface area contributed by atoms with Gasteiger partial charge in [-0.05, 0) is 45.7 Å². The number of anilines is 1. The van der Waals surface area contributed by atoms with Crippen LogP contribution in [0.15, 0.2) is 24.3 Å². The van der Waals surface area contributed by atoms with Crippen LogP contribution in [0.1, 0.15) is 32.3 Å². The number of fused-ring (bicyclic) bond motifs is 5. The van der Waals surface area contributed by atoms with Crippen LogP contribution in [0.5, 0.6) is 0 Å². The summed E-state index contributed by atoms with van der Waals surface area (Å²) in [6.07, 6.45) is 1.49. The molecule has 4 rings (SSSR count). The molecule has 3 heterocycles. The summed E-state index contributed by atoms with van der Waals surface area (Å²) < 4.78 is 5.92. The molecule has 0 aromatic heterocycles. The normalized spacial score (nSPS) is 41.0. The van der Waals surface area contributed by atoms with Crippen LogP contribution in [0.2, 0.25) is 0 Å². The van der Waals surface area contributed by atoms with Gasteiger partial charge in [0, 0.05) is 0 Å². The molecule has 4 unspecified atom stereocenters. The minimum absolute atomic E-state index is 0.106. The minimum atomic E-state index is -0.724. The minimum Gasteiger partial charge on any atom is -0.373 e. The van der Waals surface area contributed by atoms with Gasteiger partial charge in [-0.1, -0.05) is 17.7 Å². The zero-order valence-corrected chi connectivity index (χ0v) is 12.6. The van der Waals surface area contributed by atoms with E-state index in [0.717, 1.165) is 18.4 Å². The van der Waals surface area contributed by atoms with Gasteiger partial charge in [-0.3, -0.25) is 9.59 Å². The topological polar surface area (TPSA) is 46.6 Å². The first-order chi connectivity index (χ1) is 9.90. The predicted molar refractivity (Wildman–Crippen MR) is 77.8 cm³/mol. The number of aryl methyl sites for hydroxylation is 1. The fourth-order valence-electron chi connectivity index (χ4n) is 4.36. The zero-order valence-electron chi connectivity index (χ0n) is 12.6. The average Bonchev–Trinajstić information content (AvgIpc) is 3.07. The van der Waals surface area contributed by atoms with Crippen molar-refractivity contribution in [2.24, 2.45) is 10.8 Å². The number of amides is 2. The molecule has 0 N–H and O–H groups in total. The molecular weight excluding hydrogens is 266 g/mol. The first kappa shape index (κ1) is 13.0. The molecule has 4 heteroatoms. The Balaban J connectivity index is 1.85. The molecule has 110 valence electrons. The highest BCUT2D eigenvalue weighted by Gasteiger charge is 2.77. The maximum Gasteiger partial charge on any atom is 0.243 e. The molecule has 3 fully saturated rings. The van der Waals surface area contributed by atoms with E-state index in [1.165, 1.54) is 4.90 Å². The molecule has 0 aliphatic carbocycles. The third-order valence-corrected chi connectivity index (χ3v) is 5.97. The van der Waals surface area contributed by atoms with E-state index in [0.29, 0.717) is 5.69 Å². The second kappa shape index (κ2) is 3.74. The number of imide groups is 1. The van der Waals surface area contributed by atoms with Gasteiger partial charge in [0.2, 0.25) is 11.8 Å². The van der Waals surface area contributed by atoms with E-state index in [-0.39, 0.29) is 24.0 Å². The van der Waals surface area contributed by atoms with Gasteiger partial charge in [-0.15, -0.1) is 0 Å². The van der Waals surface area contributed by atoms with E-state index in [9.17, 15) is 9.59 Å². The number of carbonyl (C=O) groups is 2. The Morgan fingerprint density at radius 2 is 1.48 bits per heavy atom. The molecule has 21 heavy (non-hydrogen) atoms. The number of benzene rings is 1. The standard InChI is InChI=1S/C17H19NO3/c1-10-4-6-11(7-5-10)18-14(19)16(2)12-8-9-13(21-12)17(16,3)15(18)20/h4-7,12-13H,8-9H2,1-3H3. The number of hydrogen-bond donors (Lipinski definition) is 0. The molecule has 2 amide bonds. The SMILES string of the molecule is Cc1ccc(N2C(=O)C3(C)C4CCC(O4)C3(C)C2=O)cc1. The summed E-state index contributed by atoms with van der Waals surface area (Å²) in [5.74, 6) is -0.211. The van der Waals surface area contributed by atoms with Crippen LogP contribution < -0.4 is 4.90 Å². The molecular formula is C17H19NO3. The van der Waals surface area contributed by atoms with Crippen LogP contribution >= 0.6 is 0 Å². The van der Waals surface area contributed by atoms with Gasteiger partial charge in [-0.2, -0.15) is 0 Å². The Kier molecular flexibility index (Phi) is 2.32. The van der Waals surface area contributed by atoms with Gasteiger partial charge in [0.25, 0.3) is 0 Å². The monoisotopic (exact) mass is 285 g/mol. The van der Waals surface area contributed by atoms with Crippen molar-refractivity contribution in [3.63, 3.8) is 0 Å². The van der Waals surface area contributed by atoms with E-state index in [1.807, 2.05) is 45.0 Å². The molecule has 1 aromatic rings. The van der Waals surface area contributed by atoms with Gasteiger partial charge < -0.3 is 4.74 Å². The molecule has 3 aliphatic heterocycles. The highest BCUT2D eigenvalue weighted by Crippen LogP contribution is 2.64. The van der Waals surface area contributed by atoms with Crippen molar-refractivity contribution in [2.75, 3.05) is 4.90 Å². The summed E-state index contributed by atoms with van der Waals surface area (Å²) in [7, 11) is 0. The quantitative estimate of drug-likeness (QED) is 0.745. The Morgan fingerprint density at radius 1 is 1.00 bits per heavy atom. The Hall–Kier alpha value is -1.68. The molecule has 4 atom stereocenters. The maximum atomic E-state index is 13.0. The van der Waals surface area contributed by atoms with Crippen LogP contribution in [0.4, 0.5) is 5.69 Å². The van der Waals surface area contributed by atoms with Crippen LogP contribution in [0.25, 0.3) is 0 Å². The Bertz CT molecular complexity index is 619. The Labute approximate surface area is 124 Å². The van der Waals surface area contributed by atoms with Crippen molar-refractivity contribution in [3.05, 3.63) is 29.8 Å². The van der Waals surface area contributed by atoms with Crippen LogP contribution in [-0.2, 0) is 14.3 Å². The first-order valence-electron chi connectivity index (χ1n) is 7.52. The van der Waals surface area contributed by atoms with Crippen LogP contribution in [0.3, 0.4) is 0 Å². The van der Waals surface area contributed by atoms with Gasteiger partial charge in [0.05, 0.1) is 28.7 Å². The molecule has 4 nitrogen and oxygen atoms in total. The summed E-state index contributed by atoms with van der Waals surface area (Å²) in [6.45, 7) is 5.80. The highest BCUT2D eigenvalue weighted by atomic mass is 16.5. The zero-order chi connectivity index (χ0) is 15.0. The third-order valence-electron chi connectivity index (χ3n) is 5.97. The van der Waals surface area contributed by atoms with Gasteiger partial charge in [-0.25, -0.2) is 4.90 Å². The largest absolute Gasteiger partial charge is 0.373 e. The number of ether oxygens (including phenoxy) is 1. The molecule has 3 aliphatic rings. The van der Waals surface area contributed by atoms with Gasteiger partial charge in [0.15, 0.2) is 0 Å². The van der Waals surface area contributed by atoms with Crippen LogP contribution in [-0.4, -0.2) is 24.0 Å². The lowest BCUT2D eigenvalue weighted by Gasteiger charge is -2.36. The van der Waals surface area contributed by atoms with E-state index in [4.69, 9.17) is 4.74 Å². The smallest absolute Gasteiger partial charge is 0.243 e. The molecule has 3 saturated heterocycles. The van der Waals surface area contributed by atoms with E-state index >= 15 is 0 Å². The van der Waals surface area contributed by atoms with Crippen molar-refractivity contribution in [2.45, 2.75) is 45.8 Å². The van der Waals surface area contributed by atoms with Crippen molar-refractivity contribution in [3.8, 4) is 0 Å². The number of rotatable bonds is 1. The first-order valence-corrected chi connectivity index (χ1v) is 7.52. The van der Waals surface area contributed by atoms with Crippen LogP contribution in [0, 0.1) is 17.8 Å². The summed E-state index contributed by atoms with van der Waals surface area (Å²) in [5.41, 5.74) is 0.334. The molecule has 2 bridgehead atoms. The summed E-state index contributed by atoms with van der Waals surface area (Å²) in [4.78, 5) is 27.4. The molecule has 1 aromatic carbocycles. The summed E-state index contributed by atoms with van der Waals surface area (Å²) >= 11 is 0. The fourth-order valence-corrected chi connectivity index (χ4v) is 4.36. The lowest BCUT2D eigenvalue weighted by atomic mass is 9.59. The Morgan fingerprint density at radius 3 is 1.95 bits per heavy atom. The second-order valence-corrected chi connectivity index (χ2v) is 6.88. The molecule has 0 radical (unpaired) electrons. The number of nitrogens with zero attached hydrogens (tertiary/aromatic N) is 1. The lowest BCUT2D eigenvalue weighted by molar-refractivity contribution is -0.132. The van der Waals surface area contributed by atoms with Crippen molar-refractivity contribution < 1.29 is 14.3 Å². The summed E-state index contributed by atoms with van der Waals surface area (Å²) in [6, 6.07) is 7.56. The highest BCUT2D eigenvalue weighted by molar-refractivity contribution is 6.26. The van der Waals surface area contributed by atoms with Gasteiger partial charge in [0.1, 0.15) is 0 Å². The number of hydrogen-bond acceptors (Lipinski definition) is 3. The van der Waals surface area contributed by atoms with Crippen molar-refractivity contribution >= 4 is 17.5 Å². The van der Waals surface area contributed by atoms with E-state index in [1.54, 1.807) is 0 Å². The van der Waals surface area contributed by atoms with E-state index in [2.05, 4.69) is 0 Å². The molecule has 0 saturated carbocycles. The fraction of sp³-hybridized carbons (Fsp3) is 0.529. The third kappa shape index (κ3) is 1.26. The maximum absolute atomic E-state index is 13.0. The van der Waals surface area contributed by atoms with E-state index < -0.39 is 10.8 Å². The molecule has 0 spiro atoms. The van der Waals surface area contributed by atoms with Crippen molar-refractivity contribution in [1.29, 1.82) is 0 Å². The predicted octanol–water partition coefficient (Wildman–Crippen LogP) is 2.44.